The average molecular weight is 237 g/mol. The molecule has 0 radical (unpaired) electrons. The van der Waals surface area contributed by atoms with E-state index in [2.05, 4.69) is 0 Å². The number of ether oxygens (including phenoxy) is 1. The number of allylic oxidation sites excluding steroid dienone is 1. The molecule has 2 rings (SSSR count). The zero-order valence-electron chi connectivity index (χ0n) is 10.1. The quantitative estimate of drug-likeness (QED) is 0.596. The summed E-state index contributed by atoms with van der Waals surface area (Å²) in [6.07, 6.45) is 0.244. The van der Waals surface area contributed by atoms with E-state index >= 15 is 0 Å². The summed E-state index contributed by atoms with van der Waals surface area (Å²) in [6.45, 7) is 5.22. The first-order valence-electron chi connectivity index (χ1n) is 5.63. The third kappa shape index (κ3) is 1.98. The zero-order chi connectivity index (χ0) is 12.8. The molecular formula is C12H15NO4. The van der Waals surface area contributed by atoms with E-state index in [1.165, 1.54) is 4.90 Å². The Morgan fingerprint density at radius 3 is 2.65 bits per heavy atom. The molecule has 2 bridgehead atoms. The standard InChI is InChI=1S/C12H15NO4/c1-12(2,3)17-11(16)13-8-4-7(5-10(8)15)9(13)6-14/h7-8H,4-5H2,1-3H3. The van der Waals surface area contributed by atoms with Crippen molar-refractivity contribution < 1.29 is 19.1 Å². The third-order valence-corrected chi connectivity index (χ3v) is 2.98. The number of rotatable bonds is 0. The van der Waals surface area contributed by atoms with Gasteiger partial charge in [0.2, 0.25) is 0 Å². The van der Waals surface area contributed by atoms with Gasteiger partial charge in [0, 0.05) is 12.3 Å². The Hall–Kier alpha value is -1.61. The van der Waals surface area contributed by atoms with Crippen molar-refractivity contribution in [2.45, 2.75) is 45.3 Å². The second kappa shape index (κ2) is 3.70. The molecule has 0 aromatic carbocycles. The van der Waals surface area contributed by atoms with Gasteiger partial charge >= 0.3 is 6.09 Å². The molecule has 17 heavy (non-hydrogen) atoms. The van der Waals surface area contributed by atoms with Crippen LogP contribution in [0.25, 0.3) is 0 Å². The maximum atomic E-state index is 11.9. The van der Waals surface area contributed by atoms with Gasteiger partial charge in [-0.1, -0.05) is 0 Å². The average Bonchev–Trinajstić information content (AvgIpc) is 2.69. The monoisotopic (exact) mass is 237 g/mol. The molecule has 1 aliphatic carbocycles. The number of fused-ring (bicyclic) bond motifs is 2. The van der Waals surface area contributed by atoms with Crippen molar-refractivity contribution in [1.29, 1.82) is 0 Å². The van der Waals surface area contributed by atoms with Crippen molar-refractivity contribution in [2.75, 3.05) is 0 Å². The van der Waals surface area contributed by atoms with Gasteiger partial charge in [-0.15, -0.1) is 0 Å². The Morgan fingerprint density at radius 1 is 1.47 bits per heavy atom. The molecule has 2 fully saturated rings. The van der Waals surface area contributed by atoms with Crippen LogP contribution in [-0.4, -0.2) is 34.4 Å². The van der Waals surface area contributed by atoms with Crippen LogP contribution in [0.2, 0.25) is 0 Å². The molecule has 2 atom stereocenters. The van der Waals surface area contributed by atoms with E-state index in [-0.39, 0.29) is 17.4 Å². The number of hydrogen-bond acceptors (Lipinski definition) is 4. The lowest BCUT2D eigenvalue weighted by Gasteiger charge is -2.29. The van der Waals surface area contributed by atoms with Crippen LogP contribution in [0.5, 0.6) is 0 Å². The lowest BCUT2D eigenvalue weighted by molar-refractivity contribution is -0.122. The van der Waals surface area contributed by atoms with Gasteiger partial charge in [0.25, 0.3) is 0 Å². The summed E-state index contributed by atoms with van der Waals surface area (Å²) in [6, 6.07) is -0.522. The number of nitrogens with zero attached hydrogens (tertiary/aromatic N) is 1. The molecule has 0 spiro atoms. The van der Waals surface area contributed by atoms with E-state index in [4.69, 9.17) is 4.74 Å². The number of Topliss-reactive ketones (excluding diaryl/α,β-unsaturated/α-hetero) is 1. The number of likely N-dealkylation sites (tertiary alicyclic amines) is 1. The highest BCUT2D eigenvalue weighted by Crippen LogP contribution is 2.42. The lowest BCUT2D eigenvalue weighted by Crippen LogP contribution is -2.44. The fraction of sp³-hybridized carbons (Fsp3) is 0.667. The number of ketones is 1. The predicted molar refractivity (Wildman–Crippen MR) is 58.8 cm³/mol. The van der Waals surface area contributed by atoms with E-state index in [1.54, 1.807) is 26.7 Å². The molecule has 1 heterocycles. The van der Waals surface area contributed by atoms with Crippen LogP contribution in [0, 0.1) is 5.92 Å². The van der Waals surface area contributed by atoms with E-state index in [0.29, 0.717) is 12.8 Å². The van der Waals surface area contributed by atoms with Crippen LogP contribution < -0.4 is 0 Å². The lowest BCUT2D eigenvalue weighted by atomic mass is 10.1. The first-order valence-corrected chi connectivity index (χ1v) is 5.63. The van der Waals surface area contributed by atoms with Gasteiger partial charge < -0.3 is 4.74 Å². The number of amides is 1. The number of piperidine rings is 1. The largest absolute Gasteiger partial charge is 0.443 e. The van der Waals surface area contributed by atoms with Crippen LogP contribution in [0.15, 0.2) is 5.70 Å². The molecule has 2 unspecified atom stereocenters. The Bertz CT molecular complexity index is 428. The van der Waals surface area contributed by atoms with Crippen molar-refractivity contribution in [3.05, 3.63) is 5.70 Å². The molecule has 2 aliphatic rings. The number of hydrogen-bond donors (Lipinski definition) is 0. The Labute approximate surface area is 99.4 Å². The molecular weight excluding hydrogens is 222 g/mol. The smallest absolute Gasteiger partial charge is 0.415 e. The highest BCUT2D eigenvalue weighted by atomic mass is 16.6. The van der Waals surface area contributed by atoms with Gasteiger partial charge in [-0.25, -0.2) is 9.59 Å². The Balaban J connectivity index is 2.23. The second-order valence-electron chi connectivity index (χ2n) is 5.46. The molecule has 0 aromatic rings. The molecule has 5 nitrogen and oxygen atoms in total. The van der Waals surface area contributed by atoms with Gasteiger partial charge in [0.1, 0.15) is 17.2 Å². The van der Waals surface area contributed by atoms with E-state index in [1.807, 2.05) is 0 Å². The minimum atomic E-state index is -0.643. The van der Waals surface area contributed by atoms with Crippen molar-refractivity contribution >= 4 is 17.8 Å². The maximum absolute atomic E-state index is 11.9. The SMILES string of the molecule is CC(C)(C)OC(=O)N1C(=C=O)C2CC(=O)C1C2. The van der Waals surface area contributed by atoms with Crippen molar-refractivity contribution in [2.24, 2.45) is 5.92 Å². The van der Waals surface area contributed by atoms with Crippen LogP contribution in [0.3, 0.4) is 0 Å². The fourth-order valence-corrected chi connectivity index (χ4v) is 2.35. The van der Waals surface area contributed by atoms with Crippen molar-refractivity contribution in [1.82, 2.24) is 4.90 Å². The zero-order valence-corrected chi connectivity index (χ0v) is 10.1. The van der Waals surface area contributed by atoms with Gasteiger partial charge in [-0.05, 0) is 27.2 Å². The number of carbonyl (C=O) groups is 2. The minimum absolute atomic E-state index is 0.000130. The normalized spacial score (nSPS) is 27.4. The topological polar surface area (TPSA) is 63.7 Å². The Kier molecular flexibility index (Phi) is 2.59. The Morgan fingerprint density at radius 2 is 2.12 bits per heavy atom. The van der Waals surface area contributed by atoms with Gasteiger partial charge in [-0.3, -0.25) is 9.69 Å². The summed E-state index contributed by atoms with van der Waals surface area (Å²) in [5.74, 6) is 1.62. The summed E-state index contributed by atoms with van der Waals surface area (Å²) in [5, 5.41) is 0. The number of carbonyl (C=O) groups excluding carboxylic acids is 3. The van der Waals surface area contributed by atoms with E-state index < -0.39 is 17.7 Å². The van der Waals surface area contributed by atoms with Crippen LogP contribution in [0.1, 0.15) is 33.6 Å². The van der Waals surface area contributed by atoms with Crippen molar-refractivity contribution in [3.63, 3.8) is 0 Å². The van der Waals surface area contributed by atoms with E-state index in [9.17, 15) is 14.4 Å². The van der Waals surface area contributed by atoms with Gasteiger partial charge in [0.05, 0.1) is 6.04 Å². The summed E-state index contributed by atoms with van der Waals surface area (Å²) in [4.78, 5) is 35.5. The summed E-state index contributed by atoms with van der Waals surface area (Å²) >= 11 is 0. The first kappa shape index (κ1) is 11.9. The highest BCUT2D eigenvalue weighted by molar-refractivity contribution is 5.94. The molecule has 1 amide bonds. The van der Waals surface area contributed by atoms with Gasteiger partial charge in [0.15, 0.2) is 5.78 Å². The molecule has 0 N–H and O–H groups in total. The van der Waals surface area contributed by atoms with Gasteiger partial charge in [-0.2, -0.15) is 0 Å². The molecule has 0 aromatic heterocycles. The summed E-state index contributed by atoms with van der Waals surface area (Å²) in [7, 11) is 0. The molecule has 1 aliphatic heterocycles. The summed E-state index contributed by atoms with van der Waals surface area (Å²) < 4.78 is 5.19. The van der Waals surface area contributed by atoms with Crippen LogP contribution >= 0.6 is 0 Å². The summed E-state index contributed by atoms with van der Waals surface area (Å²) in [5.41, 5.74) is -0.375. The molecule has 92 valence electrons. The van der Waals surface area contributed by atoms with Crippen LogP contribution in [-0.2, 0) is 14.3 Å². The van der Waals surface area contributed by atoms with Crippen LogP contribution in [0.4, 0.5) is 4.79 Å². The second-order valence-corrected chi connectivity index (χ2v) is 5.46. The fourth-order valence-electron chi connectivity index (χ4n) is 2.35. The molecule has 1 saturated carbocycles. The third-order valence-electron chi connectivity index (χ3n) is 2.98. The first-order chi connectivity index (χ1) is 7.83. The molecule has 1 saturated heterocycles. The maximum Gasteiger partial charge on any atom is 0.415 e. The molecule has 5 heteroatoms. The predicted octanol–water partition coefficient (Wildman–Crippen LogP) is 1.30. The minimum Gasteiger partial charge on any atom is -0.443 e. The van der Waals surface area contributed by atoms with E-state index in [0.717, 1.165) is 0 Å². The highest BCUT2D eigenvalue weighted by Gasteiger charge is 2.51. The van der Waals surface area contributed by atoms with Crippen molar-refractivity contribution in [3.8, 4) is 0 Å².